The molecule has 86 valence electrons. The quantitative estimate of drug-likeness (QED) is 0.728. The average molecular weight is 236 g/mol. The van der Waals surface area contributed by atoms with E-state index in [1.807, 2.05) is 0 Å². The maximum atomic E-state index is 13.6. The van der Waals surface area contributed by atoms with Gasteiger partial charge in [-0.2, -0.15) is 0 Å². The molecule has 0 fully saturated rings. The van der Waals surface area contributed by atoms with Crippen molar-refractivity contribution in [1.29, 1.82) is 0 Å². The van der Waals surface area contributed by atoms with Gasteiger partial charge in [0, 0.05) is 5.56 Å². The summed E-state index contributed by atoms with van der Waals surface area (Å²) in [5.41, 5.74) is 0.00158. The van der Waals surface area contributed by atoms with Gasteiger partial charge in [0.1, 0.15) is 5.82 Å². The van der Waals surface area contributed by atoms with Crippen molar-refractivity contribution in [1.82, 2.24) is 0 Å². The summed E-state index contributed by atoms with van der Waals surface area (Å²) in [5.74, 6) is -2.76. The average Bonchev–Trinajstić information content (AvgIpc) is 2.34. The van der Waals surface area contributed by atoms with Gasteiger partial charge >= 0.3 is 0 Å². The predicted molar refractivity (Wildman–Crippen MR) is 57.1 cm³/mol. The van der Waals surface area contributed by atoms with E-state index in [9.17, 15) is 18.0 Å². The van der Waals surface area contributed by atoms with Crippen molar-refractivity contribution in [2.75, 3.05) is 0 Å². The summed E-state index contributed by atoms with van der Waals surface area (Å²) in [4.78, 5) is 10.4. The Labute approximate surface area is 95.5 Å². The Bertz CT molecular complexity index is 562. The Morgan fingerprint density at radius 3 is 2.06 bits per heavy atom. The molecular weight excluding hydrogens is 229 g/mol. The number of hydrogen-bond donors (Lipinski definition) is 0. The fourth-order valence-electron chi connectivity index (χ4n) is 1.51. The van der Waals surface area contributed by atoms with E-state index in [1.165, 1.54) is 24.3 Å². The van der Waals surface area contributed by atoms with Gasteiger partial charge < -0.3 is 0 Å². The van der Waals surface area contributed by atoms with Crippen molar-refractivity contribution in [3.8, 4) is 11.1 Å². The van der Waals surface area contributed by atoms with Gasteiger partial charge in [-0.25, -0.2) is 13.2 Å². The lowest BCUT2D eigenvalue weighted by atomic mass is 10.0. The number of benzene rings is 2. The van der Waals surface area contributed by atoms with E-state index in [2.05, 4.69) is 0 Å². The monoisotopic (exact) mass is 236 g/mol. The number of carbonyl (C=O) groups is 1. The minimum atomic E-state index is -1.19. The predicted octanol–water partition coefficient (Wildman–Crippen LogP) is 3.58. The molecule has 0 aliphatic heterocycles. The van der Waals surface area contributed by atoms with Crippen LogP contribution in [-0.2, 0) is 0 Å². The van der Waals surface area contributed by atoms with Crippen molar-refractivity contribution >= 4 is 6.29 Å². The Hall–Kier alpha value is -2.10. The lowest BCUT2D eigenvalue weighted by Crippen LogP contribution is -1.95. The zero-order chi connectivity index (χ0) is 12.4. The van der Waals surface area contributed by atoms with E-state index in [-0.39, 0.29) is 17.4 Å². The van der Waals surface area contributed by atoms with Crippen LogP contribution in [0.4, 0.5) is 13.2 Å². The number of hydrogen-bond acceptors (Lipinski definition) is 1. The molecule has 0 radical (unpaired) electrons. The summed E-state index contributed by atoms with van der Waals surface area (Å²) in [7, 11) is 0. The van der Waals surface area contributed by atoms with Crippen LogP contribution in [-0.4, -0.2) is 6.29 Å². The minimum Gasteiger partial charge on any atom is -0.298 e. The molecule has 1 nitrogen and oxygen atoms in total. The SMILES string of the molecule is O=Cc1ccc(-c2ccc(F)cc2)c(F)c1F. The molecule has 0 aliphatic rings. The Balaban J connectivity index is 2.57. The normalized spacial score (nSPS) is 10.3. The number of rotatable bonds is 2. The van der Waals surface area contributed by atoms with E-state index < -0.39 is 17.5 Å². The highest BCUT2D eigenvalue weighted by molar-refractivity contribution is 5.77. The third-order valence-electron chi connectivity index (χ3n) is 2.39. The fourth-order valence-corrected chi connectivity index (χ4v) is 1.51. The fraction of sp³-hybridized carbons (Fsp3) is 0. The molecule has 0 aromatic heterocycles. The number of aldehydes is 1. The summed E-state index contributed by atoms with van der Waals surface area (Å²) in [6, 6.07) is 7.46. The van der Waals surface area contributed by atoms with Crippen molar-refractivity contribution in [3.05, 3.63) is 59.4 Å². The molecule has 0 atom stereocenters. The van der Waals surface area contributed by atoms with Crippen LogP contribution < -0.4 is 0 Å². The molecule has 17 heavy (non-hydrogen) atoms. The van der Waals surface area contributed by atoms with Crippen LogP contribution >= 0.6 is 0 Å². The first-order chi connectivity index (χ1) is 8.13. The second-order valence-corrected chi connectivity index (χ2v) is 3.46. The molecule has 4 heteroatoms. The molecule has 0 aliphatic carbocycles. The van der Waals surface area contributed by atoms with E-state index >= 15 is 0 Å². The smallest absolute Gasteiger partial charge is 0.169 e. The molecule has 0 N–H and O–H groups in total. The molecule has 0 saturated heterocycles. The van der Waals surface area contributed by atoms with Gasteiger partial charge in [-0.1, -0.05) is 18.2 Å². The molecule has 0 spiro atoms. The van der Waals surface area contributed by atoms with Gasteiger partial charge in [-0.15, -0.1) is 0 Å². The largest absolute Gasteiger partial charge is 0.298 e. The third kappa shape index (κ3) is 2.06. The summed E-state index contributed by atoms with van der Waals surface area (Å²) in [6.07, 6.45) is 0.243. The molecule has 0 bridgehead atoms. The highest BCUT2D eigenvalue weighted by atomic mass is 19.2. The summed E-state index contributed by atoms with van der Waals surface area (Å²) in [5, 5.41) is 0. The maximum Gasteiger partial charge on any atom is 0.169 e. The van der Waals surface area contributed by atoms with Crippen molar-refractivity contribution in [2.45, 2.75) is 0 Å². The molecule has 0 amide bonds. The van der Waals surface area contributed by atoms with Crippen LogP contribution in [0.1, 0.15) is 10.4 Å². The minimum absolute atomic E-state index is 0.00639. The van der Waals surface area contributed by atoms with Crippen LogP contribution in [0, 0.1) is 17.5 Å². The van der Waals surface area contributed by atoms with Gasteiger partial charge in [0.15, 0.2) is 17.9 Å². The lowest BCUT2D eigenvalue weighted by molar-refractivity contribution is 0.111. The first-order valence-electron chi connectivity index (χ1n) is 4.82. The van der Waals surface area contributed by atoms with Gasteiger partial charge in [0.25, 0.3) is 0 Å². The molecule has 0 heterocycles. The molecular formula is C13H7F3O. The van der Waals surface area contributed by atoms with Crippen LogP contribution in [0.3, 0.4) is 0 Å². The van der Waals surface area contributed by atoms with Crippen molar-refractivity contribution < 1.29 is 18.0 Å². The Morgan fingerprint density at radius 1 is 0.824 bits per heavy atom. The van der Waals surface area contributed by atoms with Crippen LogP contribution in [0.2, 0.25) is 0 Å². The Morgan fingerprint density at radius 2 is 1.47 bits per heavy atom. The van der Waals surface area contributed by atoms with E-state index in [0.29, 0.717) is 5.56 Å². The van der Waals surface area contributed by atoms with Crippen LogP contribution in [0.15, 0.2) is 36.4 Å². The standard InChI is InChI=1S/C13H7F3O/c14-10-4-1-8(2-5-10)11-6-3-9(7-17)12(15)13(11)16/h1-7H. The summed E-state index contributed by atoms with van der Waals surface area (Å²) < 4.78 is 39.6. The second-order valence-electron chi connectivity index (χ2n) is 3.46. The van der Waals surface area contributed by atoms with Crippen LogP contribution in [0.25, 0.3) is 11.1 Å². The highest BCUT2D eigenvalue weighted by Crippen LogP contribution is 2.25. The van der Waals surface area contributed by atoms with E-state index in [1.54, 1.807) is 0 Å². The lowest BCUT2D eigenvalue weighted by Gasteiger charge is -2.05. The maximum absolute atomic E-state index is 13.6. The first-order valence-corrected chi connectivity index (χ1v) is 4.82. The van der Waals surface area contributed by atoms with Gasteiger partial charge in [-0.3, -0.25) is 4.79 Å². The van der Waals surface area contributed by atoms with Crippen LogP contribution in [0.5, 0.6) is 0 Å². The third-order valence-corrected chi connectivity index (χ3v) is 2.39. The van der Waals surface area contributed by atoms with Crippen molar-refractivity contribution in [2.24, 2.45) is 0 Å². The van der Waals surface area contributed by atoms with Gasteiger partial charge in [0.2, 0.25) is 0 Å². The zero-order valence-corrected chi connectivity index (χ0v) is 8.58. The van der Waals surface area contributed by atoms with Gasteiger partial charge in [0.05, 0.1) is 5.56 Å². The highest BCUT2D eigenvalue weighted by Gasteiger charge is 2.14. The topological polar surface area (TPSA) is 17.1 Å². The second kappa shape index (κ2) is 4.41. The molecule has 0 saturated carbocycles. The number of halogens is 3. The summed E-state index contributed by atoms with van der Waals surface area (Å²) >= 11 is 0. The zero-order valence-electron chi connectivity index (χ0n) is 8.58. The molecule has 2 rings (SSSR count). The molecule has 0 unspecified atom stereocenters. The first kappa shape index (κ1) is 11.4. The van der Waals surface area contributed by atoms with Gasteiger partial charge in [-0.05, 0) is 23.8 Å². The Kier molecular flexibility index (Phi) is 2.95. The molecule has 2 aromatic rings. The van der Waals surface area contributed by atoms with E-state index in [4.69, 9.17) is 0 Å². The number of carbonyl (C=O) groups excluding carboxylic acids is 1. The van der Waals surface area contributed by atoms with E-state index in [0.717, 1.165) is 12.1 Å². The molecule has 2 aromatic carbocycles. The summed E-state index contributed by atoms with van der Waals surface area (Å²) in [6.45, 7) is 0. The van der Waals surface area contributed by atoms with Crippen molar-refractivity contribution in [3.63, 3.8) is 0 Å².